The van der Waals surface area contributed by atoms with Gasteiger partial charge in [0.05, 0.1) is 16.1 Å². The van der Waals surface area contributed by atoms with Crippen LogP contribution in [0, 0.1) is 6.92 Å². The lowest BCUT2D eigenvalue weighted by molar-refractivity contribution is 0.0951. The van der Waals surface area contributed by atoms with Crippen LogP contribution in [0.25, 0.3) is 11.0 Å². The first kappa shape index (κ1) is 16.7. The van der Waals surface area contributed by atoms with Gasteiger partial charge < -0.3 is 19.4 Å². The fourth-order valence-electron chi connectivity index (χ4n) is 3.10. The van der Waals surface area contributed by atoms with Crippen LogP contribution in [0.2, 0.25) is 5.02 Å². The number of carbonyl (C=O) groups is 1. The third-order valence-electron chi connectivity index (χ3n) is 4.33. The second-order valence-electron chi connectivity index (χ2n) is 6.04. The summed E-state index contributed by atoms with van der Waals surface area (Å²) < 4.78 is 13.1. The fourth-order valence-corrected chi connectivity index (χ4v) is 3.37. The van der Waals surface area contributed by atoms with E-state index in [0.717, 1.165) is 16.9 Å². The van der Waals surface area contributed by atoms with Crippen LogP contribution in [0.4, 0.5) is 0 Å². The number of halogens is 1. The quantitative estimate of drug-likeness (QED) is 0.764. The molecule has 1 N–H and O–H groups in total. The van der Waals surface area contributed by atoms with E-state index < -0.39 is 0 Å². The summed E-state index contributed by atoms with van der Waals surface area (Å²) in [5, 5.41) is 3.30. The number of hydrogen-bond acceptors (Lipinski definition) is 4. The molecule has 134 valence electrons. The number of aromatic nitrogens is 2. The first-order chi connectivity index (χ1) is 12.6. The van der Waals surface area contributed by atoms with Crippen molar-refractivity contribution in [1.82, 2.24) is 14.9 Å². The maximum absolute atomic E-state index is 12.5. The van der Waals surface area contributed by atoms with E-state index in [9.17, 15) is 4.79 Å². The molecule has 1 amide bonds. The highest BCUT2D eigenvalue weighted by Gasteiger charge is 2.19. The Morgan fingerprint density at radius 2 is 2.08 bits per heavy atom. The van der Waals surface area contributed by atoms with Crippen LogP contribution >= 0.6 is 11.6 Å². The second-order valence-corrected chi connectivity index (χ2v) is 6.44. The normalized spacial score (nSPS) is 13.0. The maximum Gasteiger partial charge on any atom is 0.251 e. The summed E-state index contributed by atoms with van der Waals surface area (Å²) in [4.78, 5) is 17.0. The van der Waals surface area contributed by atoms with Crippen LogP contribution in [0.15, 0.2) is 36.4 Å². The van der Waals surface area contributed by atoms with Crippen LogP contribution in [-0.2, 0) is 6.54 Å². The number of imidazole rings is 1. The Morgan fingerprint density at radius 3 is 2.96 bits per heavy atom. The molecule has 1 aromatic heterocycles. The van der Waals surface area contributed by atoms with Gasteiger partial charge in [0, 0.05) is 18.7 Å². The molecule has 0 saturated heterocycles. The SMILES string of the molecule is Cc1nc2ccccc2n1CCNC(=O)c1cc(Cl)c2c(c1)OCCO2. The lowest BCUT2D eigenvalue weighted by Gasteiger charge is -2.20. The van der Waals surface area contributed by atoms with Crippen molar-refractivity contribution in [3.05, 3.63) is 52.8 Å². The summed E-state index contributed by atoms with van der Waals surface area (Å²) in [7, 11) is 0. The van der Waals surface area contributed by atoms with Gasteiger partial charge in [0.1, 0.15) is 19.0 Å². The number of ether oxygens (including phenoxy) is 2. The smallest absolute Gasteiger partial charge is 0.251 e. The summed E-state index contributed by atoms with van der Waals surface area (Å²) in [5.74, 6) is 1.72. The number of rotatable bonds is 4. The van der Waals surface area contributed by atoms with Gasteiger partial charge in [-0.3, -0.25) is 4.79 Å². The molecule has 0 saturated carbocycles. The van der Waals surface area contributed by atoms with Gasteiger partial charge in [-0.25, -0.2) is 4.98 Å². The zero-order valence-corrected chi connectivity index (χ0v) is 15.0. The average Bonchev–Trinajstić information content (AvgIpc) is 2.97. The van der Waals surface area contributed by atoms with Crippen molar-refractivity contribution in [2.24, 2.45) is 0 Å². The third-order valence-corrected chi connectivity index (χ3v) is 4.61. The zero-order chi connectivity index (χ0) is 18.1. The van der Waals surface area contributed by atoms with E-state index in [1.165, 1.54) is 0 Å². The molecule has 26 heavy (non-hydrogen) atoms. The number of para-hydroxylation sites is 2. The predicted octanol–water partition coefficient (Wildman–Crippen LogP) is 3.20. The number of hydrogen-bond donors (Lipinski definition) is 1. The average molecular weight is 372 g/mol. The molecule has 1 aliphatic rings. The highest BCUT2D eigenvalue weighted by molar-refractivity contribution is 6.32. The van der Waals surface area contributed by atoms with Crippen molar-refractivity contribution in [3.63, 3.8) is 0 Å². The summed E-state index contributed by atoms with van der Waals surface area (Å²) in [6.07, 6.45) is 0. The van der Waals surface area contributed by atoms with Crippen LogP contribution in [0.1, 0.15) is 16.2 Å². The van der Waals surface area contributed by atoms with E-state index in [-0.39, 0.29) is 5.91 Å². The highest BCUT2D eigenvalue weighted by atomic mass is 35.5. The number of aryl methyl sites for hydroxylation is 1. The van der Waals surface area contributed by atoms with E-state index >= 15 is 0 Å². The zero-order valence-electron chi connectivity index (χ0n) is 14.3. The van der Waals surface area contributed by atoms with Gasteiger partial charge in [0.25, 0.3) is 5.91 Å². The lowest BCUT2D eigenvalue weighted by Crippen LogP contribution is -2.27. The van der Waals surface area contributed by atoms with E-state index in [1.54, 1.807) is 12.1 Å². The summed E-state index contributed by atoms with van der Waals surface area (Å²) >= 11 is 6.20. The molecule has 2 aromatic carbocycles. The van der Waals surface area contributed by atoms with Crippen molar-refractivity contribution >= 4 is 28.5 Å². The van der Waals surface area contributed by atoms with Crippen LogP contribution in [-0.4, -0.2) is 35.2 Å². The van der Waals surface area contributed by atoms with Gasteiger partial charge in [0.15, 0.2) is 11.5 Å². The second kappa shape index (κ2) is 6.88. The van der Waals surface area contributed by atoms with Crippen molar-refractivity contribution < 1.29 is 14.3 Å². The molecule has 6 nitrogen and oxygen atoms in total. The third kappa shape index (κ3) is 3.08. The number of nitrogens with zero attached hydrogens (tertiary/aromatic N) is 2. The molecule has 4 rings (SSSR count). The van der Waals surface area contributed by atoms with Crippen molar-refractivity contribution in [1.29, 1.82) is 0 Å². The monoisotopic (exact) mass is 371 g/mol. The van der Waals surface area contributed by atoms with E-state index in [0.29, 0.717) is 48.4 Å². The molecule has 0 aliphatic carbocycles. The Kier molecular flexibility index (Phi) is 4.42. The molecular weight excluding hydrogens is 354 g/mol. The Labute approximate surface area is 155 Å². The molecule has 0 unspecified atom stereocenters. The van der Waals surface area contributed by atoms with Crippen LogP contribution < -0.4 is 14.8 Å². The minimum Gasteiger partial charge on any atom is -0.486 e. The molecule has 2 heterocycles. The molecule has 0 fully saturated rings. The molecular formula is C19H18ClN3O3. The van der Waals surface area contributed by atoms with Crippen molar-refractivity contribution in [2.45, 2.75) is 13.5 Å². The highest BCUT2D eigenvalue weighted by Crippen LogP contribution is 2.38. The van der Waals surface area contributed by atoms with Gasteiger partial charge in [-0.2, -0.15) is 0 Å². The minimum absolute atomic E-state index is 0.203. The topological polar surface area (TPSA) is 65.4 Å². The molecule has 1 aliphatic heterocycles. The number of nitrogens with one attached hydrogen (secondary N) is 1. The maximum atomic E-state index is 12.5. The van der Waals surface area contributed by atoms with Gasteiger partial charge in [-0.05, 0) is 31.2 Å². The van der Waals surface area contributed by atoms with E-state index in [4.69, 9.17) is 21.1 Å². The largest absolute Gasteiger partial charge is 0.486 e. The number of amides is 1. The Morgan fingerprint density at radius 1 is 1.27 bits per heavy atom. The Bertz CT molecular complexity index is 984. The lowest BCUT2D eigenvalue weighted by atomic mass is 10.1. The molecule has 0 atom stereocenters. The Hall–Kier alpha value is -2.73. The first-order valence-corrected chi connectivity index (χ1v) is 8.80. The van der Waals surface area contributed by atoms with Crippen molar-refractivity contribution in [3.8, 4) is 11.5 Å². The molecule has 3 aromatic rings. The van der Waals surface area contributed by atoms with Gasteiger partial charge >= 0.3 is 0 Å². The Balaban J connectivity index is 1.46. The molecule has 7 heteroatoms. The van der Waals surface area contributed by atoms with Crippen molar-refractivity contribution in [2.75, 3.05) is 19.8 Å². The van der Waals surface area contributed by atoms with Gasteiger partial charge in [-0.1, -0.05) is 23.7 Å². The van der Waals surface area contributed by atoms with E-state index in [1.807, 2.05) is 31.2 Å². The predicted molar refractivity (Wildman–Crippen MR) is 99.2 cm³/mol. The number of benzene rings is 2. The summed E-state index contributed by atoms with van der Waals surface area (Å²) in [5.41, 5.74) is 2.46. The van der Waals surface area contributed by atoms with Gasteiger partial charge in [-0.15, -0.1) is 0 Å². The summed E-state index contributed by atoms with van der Waals surface area (Å²) in [6, 6.07) is 11.2. The number of fused-ring (bicyclic) bond motifs is 2. The van der Waals surface area contributed by atoms with Crippen LogP contribution in [0.5, 0.6) is 11.5 Å². The van der Waals surface area contributed by atoms with Crippen LogP contribution in [0.3, 0.4) is 0 Å². The van der Waals surface area contributed by atoms with E-state index in [2.05, 4.69) is 14.9 Å². The fraction of sp³-hybridized carbons (Fsp3) is 0.263. The minimum atomic E-state index is -0.203. The van der Waals surface area contributed by atoms with Gasteiger partial charge in [0.2, 0.25) is 0 Å². The molecule has 0 spiro atoms. The molecule has 0 bridgehead atoms. The number of carbonyl (C=O) groups excluding carboxylic acids is 1. The molecule has 0 radical (unpaired) electrons. The standard InChI is InChI=1S/C19H18ClN3O3/c1-12-22-15-4-2-3-5-16(15)23(12)7-6-21-19(24)13-10-14(20)18-17(11-13)25-8-9-26-18/h2-5,10-11H,6-9H2,1H3,(H,21,24). The first-order valence-electron chi connectivity index (χ1n) is 8.42. The summed E-state index contributed by atoms with van der Waals surface area (Å²) in [6.45, 7) is 3.97.